The number of carboxylic acid groups (broad SMARTS) is 1. The number of likely N-dealkylation sites (tertiary alicyclic amines) is 1. The van der Waals surface area contributed by atoms with Crippen LogP contribution in [0, 0.1) is 11.7 Å². The monoisotopic (exact) mass is 532 g/mol. The fourth-order valence-electron chi connectivity index (χ4n) is 5.71. The summed E-state index contributed by atoms with van der Waals surface area (Å²) < 4.78 is 26.8. The topological polar surface area (TPSA) is 71.9 Å². The van der Waals surface area contributed by atoms with Crippen LogP contribution in [-0.2, 0) is 17.8 Å². The van der Waals surface area contributed by atoms with Crippen LogP contribution in [0.25, 0.3) is 11.1 Å². The van der Waals surface area contributed by atoms with Gasteiger partial charge in [-0.3, -0.25) is 9.69 Å². The van der Waals surface area contributed by atoms with Gasteiger partial charge in [-0.25, -0.2) is 9.37 Å². The largest absolute Gasteiger partial charge is 0.485 e. The molecule has 3 aromatic rings. The second-order valence-corrected chi connectivity index (χ2v) is 10.9. The van der Waals surface area contributed by atoms with Crippen molar-refractivity contribution in [2.75, 3.05) is 20.2 Å². The van der Waals surface area contributed by atoms with Crippen LogP contribution in [0.2, 0.25) is 0 Å². The second-order valence-electron chi connectivity index (χ2n) is 10.9. The first-order valence-electron chi connectivity index (χ1n) is 13.9. The van der Waals surface area contributed by atoms with Gasteiger partial charge >= 0.3 is 5.97 Å². The zero-order valence-electron chi connectivity index (χ0n) is 23.0. The molecule has 1 saturated heterocycles. The third-order valence-electron chi connectivity index (χ3n) is 8.37. The van der Waals surface area contributed by atoms with Gasteiger partial charge in [0.15, 0.2) is 0 Å². The van der Waals surface area contributed by atoms with Crippen molar-refractivity contribution >= 4 is 5.97 Å². The number of hydrogen-bond donors (Lipinski definition) is 1. The van der Waals surface area contributed by atoms with Crippen LogP contribution in [0.3, 0.4) is 0 Å². The summed E-state index contributed by atoms with van der Waals surface area (Å²) in [7, 11) is 1.54. The summed E-state index contributed by atoms with van der Waals surface area (Å²) >= 11 is 0. The number of hydrogen-bond acceptors (Lipinski definition) is 5. The lowest BCUT2D eigenvalue weighted by Crippen LogP contribution is -2.29. The van der Waals surface area contributed by atoms with Crippen molar-refractivity contribution in [2.24, 2.45) is 5.92 Å². The van der Waals surface area contributed by atoms with Gasteiger partial charge in [-0.05, 0) is 78.6 Å². The van der Waals surface area contributed by atoms with Crippen LogP contribution >= 0.6 is 0 Å². The molecule has 1 aromatic heterocycles. The van der Waals surface area contributed by atoms with Gasteiger partial charge in [0.05, 0.1) is 19.2 Å². The maximum Gasteiger partial charge on any atom is 0.306 e. The molecule has 0 spiro atoms. The normalized spacial score (nSPS) is 19.0. The number of methoxy groups -OCH3 is 1. The zero-order chi connectivity index (χ0) is 27.5. The first-order valence-corrected chi connectivity index (χ1v) is 13.9. The molecule has 206 valence electrons. The minimum atomic E-state index is -0.802. The van der Waals surface area contributed by atoms with Gasteiger partial charge in [0, 0.05) is 18.2 Å². The highest BCUT2D eigenvalue weighted by Gasteiger charge is 2.26. The van der Waals surface area contributed by atoms with Crippen LogP contribution in [0.15, 0.2) is 48.7 Å². The SMILES string of the molecule is COc1cc(-c2ccc([C@@H]3CCc4ccc([C@H](C)[C@H](C)C(=O)O)cc4O3)cc2CN2CCCCC2)c(F)cn1. The fourth-order valence-corrected chi connectivity index (χ4v) is 5.71. The van der Waals surface area contributed by atoms with Crippen molar-refractivity contribution in [1.29, 1.82) is 0 Å². The molecule has 0 amide bonds. The molecule has 0 bridgehead atoms. The van der Waals surface area contributed by atoms with E-state index in [1.165, 1.54) is 32.6 Å². The summed E-state index contributed by atoms with van der Waals surface area (Å²) in [6.45, 7) is 6.50. The standard InChI is InChI=1S/C32H37FN2O4/c1-20(21(2)32(36)37)23-8-7-22-10-12-29(39-30(22)16-23)24-9-11-26(27-17-31(38-3)34-18-28(27)33)25(15-24)19-35-13-5-4-6-14-35/h7-9,11,15-18,20-21,29H,4-6,10,12-14,19H2,1-3H3,(H,36,37)/t20-,21+,29+/m1/s1. The molecule has 0 aliphatic carbocycles. The predicted octanol–water partition coefficient (Wildman–Crippen LogP) is 6.77. The van der Waals surface area contributed by atoms with Crippen LogP contribution in [0.5, 0.6) is 11.6 Å². The molecule has 7 heteroatoms. The number of fused-ring (bicyclic) bond motifs is 1. The molecule has 3 heterocycles. The molecule has 2 aliphatic rings. The zero-order valence-corrected chi connectivity index (χ0v) is 23.0. The van der Waals surface area contributed by atoms with Crippen LogP contribution < -0.4 is 9.47 Å². The fraction of sp³-hybridized carbons (Fsp3) is 0.438. The molecule has 1 N–H and O–H groups in total. The second kappa shape index (κ2) is 11.7. The van der Waals surface area contributed by atoms with Crippen molar-refractivity contribution in [1.82, 2.24) is 9.88 Å². The molecule has 6 nitrogen and oxygen atoms in total. The highest BCUT2D eigenvalue weighted by Crippen LogP contribution is 2.39. The molecule has 0 unspecified atom stereocenters. The van der Waals surface area contributed by atoms with E-state index in [0.29, 0.717) is 11.4 Å². The molecule has 5 rings (SSSR count). The summed E-state index contributed by atoms with van der Waals surface area (Å²) in [4.78, 5) is 18.0. The molecule has 2 aliphatic heterocycles. The summed E-state index contributed by atoms with van der Waals surface area (Å²) in [6.07, 6.45) is 6.41. The van der Waals surface area contributed by atoms with Gasteiger partial charge in [-0.2, -0.15) is 0 Å². The maximum absolute atomic E-state index is 15.0. The Kier molecular flexibility index (Phi) is 8.17. The van der Waals surface area contributed by atoms with Crippen molar-refractivity contribution in [3.8, 4) is 22.8 Å². The van der Waals surface area contributed by atoms with E-state index >= 15 is 0 Å². The van der Waals surface area contributed by atoms with Gasteiger partial charge in [0.2, 0.25) is 5.88 Å². The lowest BCUT2D eigenvalue weighted by molar-refractivity contribution is -0.141. The van der Waals surface area contributed by atoms with Gasteiger partial charge in [-0.1, -0.05) is 50.6 Å². The summed E-state index contributed by atoms with van der Waals surface area (Å²) in [6, 6.07) is 14.0. The van der Waals surface area contributed by atoms with E-state index in [1.807, 2.05) is 31.2 Å². The molecule has 1 fully saturated rings. The number of aliphatic carboxylic acids is 1. The van der Waals surface area contributed by atoms with Crippen LogP contribution in [0.1, 0.15) is 73.8 Å². The van der Waals surface area contributed by atoms with Crippen molar-refractivity contribution < 1.29 is 23.8 Å². The highest BCUT2D eigenvalue weighted by atomic mass is 19.1. The number of rotatable bonds is 8. The molecular formula is C32H37FN2O4. The average molecular weight is 533 g/mol. The number of nitrogens with zero attached hydrogens (tertiary/aromatic N) is 2. The van der Waals surface area contributed by atoms with Gasteiger partial charge in [0.25, 0.3) is 0 Å². The Morgan fingerprint density at radius 2 is 1.92 bits per heavy atom. The average Bonchev–Trinajstić information content (AvgIpc) is 2.96. The molecule has 0 radical (unpaired) electrons. The van der Waals surface area contributed by atoms with E-state index in [4.69, 9.17) is 9.47 Å². The first-order chi connectivity index (χ1) is 18.8. The van der Waals surface area contributed by atoms with Gasteiger partial charge in [-0.15, -0.1) is 0 Å². The number of halogens is 1. The quantitative estimate of drug-likeness (QED) is 0.345. The molecule has 39 heavy (non-hydrogen) atoms. The number of piperidine rings is 1. The summed E-state index contributed by atoms with van der Waals surface area (Å²) in [5, 5.41) is 9.47. The summed E-state index contributed by atoms with van der Waals surface area (Å²) in [5.74, 6) is -0.584. The molecule has 2 aromatic carbocycles. The number of pyridine rings is 1. The Morgan fingerprint density at radius 3 is 2.67 bits per heavy atom. The Bertz CT molecular complexity index is 1340. The summed E-state index contributed by atoms with van der Waals surface area (Å²) in [5.41, 5.74) is 5.57. The number of benzene rings is 2. The van der Waals surface area contributed by atoms with E-state index in [-0.39, 0.29) is 17.8 Å². The Morgan fingerprint density at radius 1 is 1.13 bits per heavy atom. The molecule has 0 saturated carbocycles. The first kappa shape index (κ1) is 27.1. The number of carbonyl (C=O) groups is 1. The number of aromatic nitrogens is 1. The van der Waals surface area contributed by atoms with Crippen molar-refractivity contribution in [3.63, 3.8) is 0 Å². The van der Waals surface area contributed by atoms with Crippen LogP contribution in [0.4, 0.5) is 4.39 Å². The highest BCUT2D eigenvalue weighted by molar-refractivity contribution is 5.71. The number of aryl methyl sites for hydroxylation is 1. The van der Waals surface area contributed by atoms with Crippen LogP contribution in [-0.4, -0.2) is 41.2 Å². The van der Waals surface area contributed by atoms with E-state index < -0.39 is 11.9 Å². The van der Waals surface area contributed by atoms with E-state index in [2.05, 4.69) is 22.0 Å². The van der Waals surface area contributed by atoms with E-state index in [1.54, 1.807) is 13.0 Å². The minimum Gasteiger partial charge on any atom is -0.485 e. The minimum absolute atomic E-state index is 0.126. The number of carboxylic acids is 1. The van der Waals surface area contributed by atoms with E-state index in [0.717, 1.165) is 66.0 Å². The lowest BCUT2D eigenvalue weighted by Gasteiger charge is -2.30. The third-order valence-corrected chi connectivity index (χ3v) is 8.37. The maximum atomic E-state index is 15.0. The van der Waals surface area contributed by atoms with Crippen molar-refractivity contribution in [2.45, 2.75) is 64.5 Å². The van der Waals surface area contributed by atoms with Crippen molar-refractivity contribution in [3.05, 3.63) is 76.7 Å². The Balaban J connectivity index is 1.46. The lowest BCUT2D eigenvalue weighted by atomic mass is 9.87. The third kappa shape index (κ3) is 5.93. The smallest absolute Gasteiger partial charge is 0.306 e. The Labute approximate surface area is 229 Å². The number of ether oxygens (including phenoxy) is 2. The molecule has 3 atom stereocenters. The van der Waals surface area contributed by atoms with Gasteiger partial charge < -0.3 is 14.6 Å². The van der Waals surface area contributed by atoms with E-state index in [9.17, 15) is 14.3 Å². The Hall–Kier alpha value is -3.45. The predicted molar refractivity (Wildman–Crippen MR) is 149 cm³/mol. The van der Waals surface area contributed by atoms with Gasteiger partial charge in [0.1, 0.15) is 17.7 Å². The molecular weight excluding hydrogens is 495 g/mol.